The van der Waals surface area contributed by atoms with Crippen molar-refractivity contribution in [3.05, 3.63) is 70.2 Å². The molecule has 0 aromatic heterocycles. The Balaban J connectivity index is 2.09. The zero-order valence-electron chi connectivity index (χ0n) is 17.1. The van der Waals surface area contributed by atoms with Crippen LogP contribution in [0.15, 0.2) is 59.1 Å². The Bertz CT molecular complexity index is 1060. The monoisotopic (exact) mass is 484 g/mol. The zero-order chi connectivity index (χ0) is 22.8. The van der Waals surface area contributed by atoms with Gasteiger partial charge in [0.15, 0.2) is 18.1 Å². The molecule has 31 heavy (non-hydrogen) atoms. The van der Waals surface area contributed by atoms with Crippen LogP contribution in [0.5, 0.6) is 17.2 Å². The van der Waals surface area contributed by atoms with Crippen LogP contribution in [0.2, 0.25) is 0 Å². The summed E-state index contributed by atoms with van der Waals surface area (Å²) in [7, 11) is 1.42. The molecule has 2 aromatic rings. The van der Waals surface area contributed by atoms with Crippen molar-refractivity contribution in [3.8, 4) is 23.3 Å². The summed E-state index contributed by atoms with van der Waals surface area (Å²) < 4.78 is 16.8. The van der Waals surface area contributed by atoms with Crippen LogP contribution in [0.3, 0.4) is 0 Å². The smallest absolute Gasteiger partial charge is 0.349 e. The van der Waals surface area contributed by atoms with Crippen LogP contribution in [0.25, 0.3) is 6.08 Å². The van der Waals surface area contributed by atoms with Crippen molar-refractivity contribution < 1.29 is 23.8 Å². The van der Waals surface area contributed by atoms with Gasteiger partial charge in [-0.25, -0.2) is 4.79 Å². The van der Waals surface area contributed by atoms with E-state index in [4.69, 9.17) is 14.2 Å². The number of ether oxygens (including phenoxy) is 3. The highest BCUT2D eigenvalue weighted by Crippen LogP contribution is 2.30. The van der Waals surface area contributed by atoms with E-state index in [1.54, 1.807) is 18.2 Å². The Hall–Kier alpha value is -3.57. The average Bonchev–Trinajstić information content (AvgIpc) is 2.75. The quantitative estimate of drug-likeness (QED) is 0.190. The van der Waals surface area contributed by atoms with Gasteiger partial charge in [0.1, 0.15) is 17.4 Å². The van der Waals surface area contributed by atoms with Crippen molar-refractivity contribution in [3.63, 3.8) is 0 Å². The molecular formula is C23H21BrN2O5. The fourth-order valence-electron chi connectivity index (χ4n) is 2.45. The number of halogens is 1. The first kappa shape index (κ1) is 23.7. The van der Waals surface area contributed by atoms with Gasteiger partial charge in [0, 0.05) is 6.54 Å². The van der Waals surface area contributed by atoms with E-state index in [1.165, 1.54) is 25.3 Å². The highest BCUT2D eigenvalue weighted by Gasteiger charge is 2.14. The summed E-state index contributed by atoms with van der Waals surface area (Å²) in [4.78, 5) is 24.2. The third-order valence-corrected chi connectivity index (χ3v) is 4.55. The fourth-order valence-corrected chi connectivity index (χ4v) is 3.05. The number of aryl methyl sites for hydroxylation is 1. The van der Waals surface area contributed by atoms with Gasteiger partial charge >= 0.3 is 5.97 Å². The van der Waals surface area contributed by atoms with Crippen molar-refractivity contribution in [2.75, 3.05) is 20.3 Å². The maximum Gasteiger partial charge on any atom is 0.349 e. The second-order valence-corrected chi connectivity index (χ2v) is 7.13. The van der Waals surface area contributed by atoms with E-state index in [1.807, 2.05) is 25.1 Å². The van der Waals surface area contributed by atoms with Crippen molar-refractivity contribution in [1.82, 2.24) is 5.32 Å². The molecule has 0 aliphatic carbocycles. The number of amides is 1. The van der Waals surface area contributed by atoms with Gasteiger partial charge in [0.05, 0.1) is 11.6 Å². The number of hydrogen-bond acceptors (Lipinski definition) is 6. The molecule has 8 heteroatoms. The van der Waals surface area contributed by atoms with Gasteiger partial charge in [0.2, 0.25) is 0 Å². The Morgan fingerprint density at radius 1 is 1.19 bits per heavy atom. The number of benzene rings is 2. The lowest BCUT2D eigenvalue weighted by Crippen LogP contribution is -2.24. The second-order valence-electron chi connectivity index (χ2n) is 6.28. The van der Waals surface area contributed by atoms with E-state index in [0.29, 0.717) is 11.3 Å². The first-order valence-electron chi connectivity index (χ1n) is 9.16. The van der Waals surface area contributed by atoms with Crippen molar-refractivity contribution >= 4 is 33.9 Å². The molecule has 1 amide bonds. The van der Waals surface area contributed by atoms with Gasteiger partial charge < -0.3 is 19.5 Å². The van der Waals surface area contributed by atoms with Crippen LogP contribution in [0, 0.1) is 18.3 Å². The third-order valence-electron chi connectivity index (χ3n) is 3.93. The van der Waals surface area contributed by atoms with Gasteiger partial charge in [-0.1, -0.05) is 18.2 Å². The number of nitriles is 1. The SMILES string of the molecule is C=CCNC(=O)/C(C#N)=C/c1ccc(OC(=O)COc2ccc(C)cc2Br)c(OC)c1. The van der Waals surface area contributed by atoms with Gasteiger partial charge in [-0.15, -0.1) is 6.58 Å². The molecule has 0 heterocycles. The number of methoxy groups -OCH3 is 1. The second kappa shape index (κ2) is 11.6. The van der Waals surface area contributed by atoms with E-state index in [0.717, 1.165) is 10.0 Å². The first-order chi connectivity index (χ1) is 14.9. The molecule has 0 saturated carbocycles. The predicted octanol–water partition coefficient (Wildman–Crippen LogP) is 3.96. The number of nitrogens with zero attached hydrogens (tertiary/aromatic N) is 1. The topological polar surface area (TPSA) is 97.7 Å². The number of esters is 1. The van der Waals surface area contributed by atoms with Crippen molar-refractivity contribution in [2.45, 2.75) is 6.92 Å². The molecule has 0 aliphatic rings. The van der Waals surface area contributed by atoms with E-state index >= 15 is 0 Å². The molecule has 2 aromatic carbocycles. The molecule has 0 fully saturated rings. The van der Waals surface area contributed by atoms with Crippen LogP contribution in [0.4, 0.5) is 0 Å². The molecule has 0 atom stereocenters. The lowest BCUT2D eigenvalue weighted by molar-refractivity contribution is -0.136. The molecule has 1 N–H and O–H groups in total. The summed E-state index contributed by atoms with van der Waals surface area (Å²) in [6, 6.07) is 12.0. The standard InChI is InChI=1S/C23H21BrN2O5/c1-4-9-26-23(28)17(13-25)11-16-6-8-20(21(12-16)29-3)31-22(27)14-30-19-7-5-15(2)10-18(19)24/h4-8,10-12H,1,9,14H2,2-3H3,(H,26,28)/b17-11+. The molecule has 0 unspecified atom stereocenters. The maximum absolute atomic E-state index is 12.2. The van der Waals surface area contributed by atoms with Gasteiger partial charge in [-0.05, 0) is 64.3 Å². The number of carbonyl (C=O) groups is 2. The van der Waals surface area contributed by atoms with E-state index < -0.39 is 11.9 Å². The number of carbonyl (C=O) groups excluding carboxylic acids is 2. The summed E-state index contributed by atoms with van der Waals surface area (Å²) >= 11 is 3.39. The summed E-state index contributed by atoms with van der Waals surface area (Å²) in [6.07, 6.45) is 2.92. The molecule has 0 spiro atoms. The molecule has 7 nitrogen and oxygen atoms in total. The average molecular weight is 485 g/mol. The van der Waals surface area contributed by atoms with Crippen molar-refractivity contribution in [1.29, 1.82) is 5.26 Å². The van der Waals surface area contributed by atoms with Crippen molar-refractivity contribution in [2.24, 2.45) is 0 Å². The summed E-state index contributed by atoms with van der Waals surface area (Å²) in [5.74, 6) is -0.158. The van der Waals surface area contributed by atoms with Crippen LogP contribution in [-0.2, 0) is 9.59 Å². The predicted molar refractivity (Wildman–Crippen MR) is 120 cm³/mol. The molecule has 0 saturated heterocycles. The fraction of sp³-hybridized carbons (Fsp3) is 0.174. The van der Waals surface area contributed by atoms with Crippen LogP contribution >= 0.6 is 15.9 Å². The van der Waals surface area contributed by atoms with Crippen LogP contribution < -0.4 is 19.5 Å². The molecule has 0 aliphatic heterocycles. The number of hydrogen-bond donors (Lipinski definition) is 1. The number of nitrogens with one attached hydrogen (secondary N) is 1. The Morgan fingerprint density at radius 3 is 2.58 bits per heavy atom. The summed E-state index contributed by atoms with van der Waals surface area (Å²) in [5, 5.41) is 11.8. The molecule has 0 radical (unpaired) electrons. The van der Waals surface area contributed by atoms with Gasteiger partial charge in [-0.3, -0.25) is 4.79 Å². The first-order valence-corrected chi connectivity index (χ1v) is 9.95. The highest BCUT2D eigenvalue weighted by molar-refractivity contribution is 9.10. The van der Waals surface area contributed by atoms with Gasteiger partial charge in [0.25, 0.3) is 5.91 Å². The van der Waals surface area contributed by atoms with E-state index in [2.05, 4.69) is 27.8 Å². The van der Waals surface area contributed by atoms with E-state index in [-0.39, 0.29) is 30.2 Å². The minimum atomic E-state index is -0.615. The third kappa shape index (κ3) is 7.01. The molecule has 2 rings (SSSR count). The minimum absolute atomic E-state index is 0.0780. The summed E-state index contributed by atoms with van der Waals surface area (Å²) in [6.45, 7) is 5.41. The minimum Gasteiger partial charge on any atom is -0.493 e. The largest absolute Gasteiger partial charge is 0.493 e. The Kier molecular flexibility index (Phi) is 8.85. The molecular weight excluding hydrogens is 464 g/mol. The number of rotatable bonds is 9. The molecule has 160 valence electrons. The van der Waals surface area contributed by atoms with E-state index in [9.17, 15) is 14.9 Å². The lowest BCUT2D eigenvalue weighted by Gasteiger charge is -2.11. The van der Waals surface area contributed by atoms with Gasteiger partial charge in [-0.2, -0.15) is 5.26 Å². The van der Waals surface area contributed by atoms with Crippen LogP contribution in [0.1, 0.15) is 11.1 Å². The highest BCUT2D eigenvalue weighted by atomic mass is 79.9. The summed E-state index contributed by atoms with van der Waals surface area (Å²) in [5.41, 5.74) is 1.51. The zero-order valence-corrected chi connectivity index (χ0v) is 18.7. The Labute approximate surface area is 189 Å². The maximum atomic E-state index is 12.2. The lowest BCUT2D eigenvalue weighted by atomic mass is 10.1. The molecule has 0 bridgehead atoms. The van der Waals surface area contributed by atoms with Crippen LogP contribution in [-0.4, -0.2) is 32.1 Å². The Morgan fingerprint density at radius 2 is 1.94 bits per heavy atom. The normalized spacial score (nSPS) is 10.6.